The lowest BCUT2D eigenvalue weighted by molar-refractivity contribution is -0.111. The number of carbonyl (C=O) groups is 1. The van der Waals surface area contributed by atoms with Gasteiger partial charge in [0.25, 0.3) is 0 Å². The van der Waals surface area contributed by atoms with Crippen LogP contribution in [0, 0.1) is 5.92 Å². The molecule has 1 aliphatic rings. The maximum absolute atomic E-state index is 10.4. The Morgan fingerprint density at radius 1 is 1.29 bits per heavy atom. The van der Waals surface area contributed by atoms with E-state index in [2.05, 4.69) is 4.98 Å². The van der Waals surface area contributed by atoms with Gasteiger partial charge >= 0.3 is 0 Å². The Morgan fingerprint density at radius 2 is 2.00 bits per heavy atom. The van der Waals surface area contributed by atoms with Crippen LogP contribution in [0.4, 0.5) is 5.69 Å². The normalized spacial score (nSPS) is 14.7. The molecule has 0 aliphatic heterocycles. The number of rotatable bonds is 3. The predicted molar refractivity (Wildman–Crippen MR) is 88.2 cm³/mol. The first kappa shape index (κ1) is 15.8. The maximum Gasteiger partial charge on any atom is 0.221 e. The van der Waals surface area contributed by atoms with Crippen molar-refractivity contribution in [3.05, 3.63) is 36.5 Å². The van der Waals surface area contributed by atoms with Crippen molar-refractivity contribution >= 4 is 33.4 Å². The van der Waals surface area contributed by atoms with Crippen molar-refractivity contribution in [2.24, 2.45) is 5.92 Å². The second kappa shape index (κ2) is 7.99. The molecule has 1 fully saturated rings. The number of nitrogens with two attached hydrogens (primary N) is 1. The Morgan fingerprint density at radius 3 is 2.71 bits per heavy atom. The number of hydrogen-bond donors (Lipinski definition) is 1. The van der Waals surface area contributed by atoms with Gasteiger partial charge in [0.2, 0.25) is 5.24 Å². The van der Waals surface area contributed by atoms with Crippen LogP contribution < -0.4 is 5.73 Å². The number of nitrogens with zero attached hydrogens (tertiary/aromatic N) is 1. The van der Waals surface area contributed by atoms with Gasteiger partial charge in [-0.05, 0) is 36.1 Å². The van der Waals surface area contributed by atoms with E-state index in [0.717, 1.165) is 23.2 Å². The quantitative estimate of drug-likeness (QED) is 0.847. The minimum atomic E-state index is -0.174. The molecule has 1 aliphatic carbocycles. The first-order valence-corrected chi connectivity index (χ1v) is 7.81. The summed E-state index contributed by atoms with van der Waals surface area (Å²) >= 11 is 5.22. The van der Waals surface area contributed by atoms with Gasteiger partial charge in [0, 0.05) is 11.8 Å². The van der Waals surface area contributed by atoms with Gasteiger partial charge in [-0.1, -0.05) is 43.9 Å². The van der Waals surface area contributed by atoms with Gasteiger partial charge in [-0.3, -0.25) is 9.78 Å². The standard InChI is InChI=1S/C9H8N2.C8H13ClO/c10-8-5-7-3-1-2-4-9(7)11-6-8;9-8(10)6-5-7-3-1-2-4-7/h1-6H,10H2;7H,1-6H2. The third-order valence-electron chi connectivity index (χ3n) is 3.84. The topological polar surface area (TPSA) is 56.0 Å². The van der Waals surface area contributed by atoms with Crippen LogP contribution in [0.5, 0.6) is 0 Å². The molecule has 0 atom stereocenters. The summed E-state index contributed by atoms with van der Waals surface area (Å²) in [5.74, 6) is 0.794. The van der Waals surface area contributed by atoms with Crippen molar-refractivity contribution in [1.82, 2.24) is 4.98 Å². The second-order valence-electron chi connectivity index (χ2n) is 5.51. The molecular weight excluding hydrogens is 284 g/mol. The zero-order valence-electron chi connectivity index (χ0n) is 12.1. The summed E-state index contributed by atoms with van der Waals surface area (Å²) in [5, 5.41) is 0.916. The zero-order chi connectivity index (χ0) is 15.1. The molecule has 112 valence electrons. The number of nitrogen functional groups attached to an aromatic ring is 1. The van der Waals surface area contributed by atoms with E-state index in [-0.39, 0.29) is 5.24 Å². The molecule has 0 radical (unpaired) electrons. The number of fused-ring (bicyclic) bond motifs is 1. The van der Waals surface area contributed by atoms with Crippen molar-refractivity contribution in [3.63, 3.8) is 0 Å². The van der Waals surface area contributed by atoms with Gasteiger partial charge in [-0.15, -0.1) is 0 Å². The summed E-state index contributed by atoms with van der Waals surface area (Å²) in [5.41, 5.74) is 7.26. The lowest BCUT2D eigenvalue weighted by Gasteiger charge is -2.04. The monoisotopic (exact) mass is 304 g/mol. The number of pyridine rings is 1. The van der Waals surface area contributed by atoms with Crippen molar-refractivity contribution in [1.29, 1.82) is 0 Å². The minimum Gasteiger partial charge on any atom is -0.397 e. The average Bonchev–Trinajstić information content (AvgIpc) is 2.99. The van der Waals surface area contributed by atoms with Gasteiger partial charge in [-0.2, -0.15) is 0 Å². The Bertz CT molecular complexity index is 594. The molecule has 0 saturated heterocycles. The van der Waals surface area contributed by atoms with Gasteiger partial charge in [0.1, 0.15) is 0 Å². The number of hydrogen-bond acceptors (Lipinski definition) is 3. The molecule has 1 heterocycles. The van der Waals surface area contributed by atoms with E-state index in [4.69, 9.17) is 17.3 Å². The highest BCUT2D eigenvalue weighted by Gasteiger charge is 2.15. The fourth-order valence-corrected chi connectivity index (χ4v) is 2.81. The van der Waals surface area contributed by atoms with Crippen LogP contribution in [0.2, 0.25) is 0 Å². The lowest BCUT2D eigenvalue weighted by Crippen LogP contribution is -1.95. The van der Waals surface area contributed by atoms with E-state index in [9.17, 15) is 4.79 Å². The van der Waals surface area contributed by atoms with E-state index in [0.29, 0.717) is 12.1 Å². The predicted octanol–water partition coefficient (Wildman–Crippen LogP) is 4.54. The van der Waals surface area contributed by atoms with Crippen molar-refractivity contribution < 1.29 is 4.79 Å². The second-order valence-corrected chi connectivity index (χ2v) is 5.93. The molecule has 3 nitrogen and oxygen atoms in total. The summed E-state index contributed by atoms with van der Waals surface area (Å²) < 4.78 is 0. The number of anilines is 1. The summed E-state index contributed by atoms with van der Waals surface area (Å²) in [6.07, 6.45) is 8.58. The van der Waals surface area contributed by atoms with Gasteiger partial charge in [0.15, 0.2) is 0 Å². The molecule has 0 bridgehead atoms. The van der Waals surface area contributed by atoms with Crippen LogP contribution in [-0.2, 0) is 4.79 Å². The van der Waals surface area contributed by atoms with E-state index >= 15 is 0 Å². The minimum absolute atomic E-state index is 0.174. The van der Waals surface area contributed by atoms with Crippen LogP contribution in [0.1, 0.15) is 38.5 Å². The molecule has 1 aromatic heterocycles. The first-order chi connectivity index (χ1) is 10.1. The van der Waals surface area contributed by atoms with Crippen molar-refractivity contribution in [2.75, 3.05) is 5.73 Å². The van der Waals surface area contributed by atoms with Crippen molar-refractivity contribution in [3.8, 4) is 0 Å². The first-order valence-electron chi connectivity index (χ1n) is 7.44. The largest absolute Gasteiger partial charge is 0.397 e. The molecule has 0 spiro atoms. The molecule has 4 heteroatoms. The third-order valence-corrected chi connectivity index (χ3v) is 4.02. The van der Waals surface area contributed by atoms with Crippen molar-refractivity contribution in [2.45, 2.75) is 38.5 Å². The zero-order valence-corrected chi connectivity index (χ0v) is 12.9. The highest BCUT2D eigenvalue weighted by Crippen LogP contribution is 2.28. The molecule has 1 saturated carbocycles. The van der Waals surface area contributed by atoms with E-state index in [1.807, 2.05) is 30.3 Å². The van der Waals surface area contributed by atoms with Crippen LogP contribution in [0.15, 0.2) is 36.5 Å². The number of carbonyl (C=O) groups excluding carboxylic acids is 1. The number of halogens is 1. The summed E-state index contributed by atoms with van der Waals surface area (Å²) in [4.78, 5) is 14.5. The summed E-state index contributed by atoms with van der Waals surface area (Å²) in [6, 6.07) is 9.82. The van der Waals surface area contributed by atoms with Crippen LogP contribution in [0.3, 0.4) is 0 Å². The Balaban J connectivity index is 0.000000155. The number of para-hydroxylation sites is 1. The maximum atomic E-state index is 10.4. The molecule has 0 amide bonds. The Labute approximate surface area is 130 Å². The SMILES string of the molecule is Nc1cnc2ccccc2c1.O=C(Cl)CCC1CCCC1. The van der Waals surface area contributed by atoms with E-state index in [1.165, 1.54) is 25.7 Å². The lowest BCUT2D eigenvalue weighted by atomic mass is 10.0. The fourth-order valence-electron chi connectivity index (χ4n) is 2.70. The van der Waals surface area contributed by atoms with Crippen LogP contribution in [-0.4, -0.2) is 10.2 Å². The highest BCUT2D eigenvalue weighted by molar-refractivity contribution is 6.63. The summed E-state index contributed by atoms with van der Waals surface area (Å²) in [6.45, 7) is 0. The third kappa shape index (κ3) is 5.35. The number of benzene rings is 1. The molecule has 2 N–H and O–H groups in total. The molecule has 21 heavy (non-hydrogen) atoms. The average molecular weight is 305 g/mol. The Hall–Kier alpha value is -1.61. The van der Waals surface area contributed by atoms with Crippen LogP contribution in [0.25, 0.3) is 10.9 Å². The van der Waals surface area contributed by atoms with Crippen LogP contribution >= 0.6 is 11.6 Å². The molecule has 0 unspecified atom stereocenters. The van der Waals surface area contributed by atoms with Gasteiger partial charge < -0.3 is 5.73 Å². The Kier molecular flexibility index (Phi) is 6.00. The highest BCUT2D eigenvalue weighted by atomic mass is 35.5. The van der Waals surface area contributed by atoms with Gasteiger partial charge in [0.05, 0.1) is 17.4 Å². The number of aromatic nitrogens is 1. The summed E-state index contributed by atoms with van der Waals surface area (Å²) in [7, 11) is 0. The van der Waals surface area contributed by atoms with E-state index < -0.39 is 0 Å². The molecular formula is C17H21ClN2O. The smallest absolute Gasteiger partial charge is 0.221 e. The van der Waals surface area contributed by atoms with Gasteiger partial charge in [-0.25, -0.2) is 0 Å². The molecule has 1 aromatic carbocycles. The molecule has 2 aromatic rings. The fraction of sp³-hybridized carbons (Fsp3) is 0.412. The van der Waals surface area contributed by atoms with E-state index in [1.54, 1.807) is 6.20 Å². The molecule has 3 rings (SSSR count).